The second-order valence-corrected chi connectivity index (χ2v) is 5.19. The highest BCUT2D eigenvalue weighted by molar-refractivity contribution is 5.25. The lowest BCUT2D eigenvalue weighted by molar-refractivity contribution is -0.137. The minimum atomic E-state index is -4.30. The van der Waals surface area contributed by atoms with Crippen molar-refractivity contribution < 1.29 is 13.2 Å². The van der Waals surface area contributed by atoms with Crippen molar-refractivity contribution in [3.05, 3.63) is 35.4 Å². The molecule has 0 heterocycles. The Bertz CT molecular complexity index is 417. The predicted octanol–water partition coefficient (Wildman–Crippen LogP) is 3.65. The summed E-state index contributed by atoms with van der Waals surface area (Å²) in [5, 5.41) is 0. The third-order valence-corrected chi connectivity index (χ3v) is 4.18. The van der Waals surface area contributed by atoms with Crippen LogP contribution in [0.5, 0.6) is 0 Å². The molecular weight excluding hydrogens is 265 g/mol. The number of benzene rings is 1. The van der Waals surface area contributed by atoms with Crippen molar-refractivity contribution in [1.29, 1.82) is 0 Å². The maximum Gasteiger partial charge on any atom is 0.416 e. The fourth-order valence-corrected chi connectivity index (χ4v) is 2.52. The lowest BCUT2D eigenvalue weighted by Gasteiger charge is -2.40. The predicted molar refractivity (Wildman–Crippen MR) is 75.3 cm³/mol. The highest BCUT2D eigenvalue weighted by Gasteiger charge is 2.32. The summed E-state index contributed by atoms with van der Waals surface area (Å²) < 4.78 is 38.1. The Hall–Kier alpha value is -1.07. The van der Waals surface area contributed by atoms with Gasteiger partial charge in [0.25, 0.3) is 0 Å². The summed E-state index contributed by atoms with van der Waals surface area (Å²) in [5.41, 5.74) is 5.75. The first-order valence-corrected chi connectivity index (χ1v) is 6.86. The van der Waals surface area contributed by atoms with Gasteiger partial charge in [0.2, 0.25) is 0 Å². The Kier molecular flexibility index (Phi) is 5.59. The van der Waals surface area contributed by atoms with Crippen LogP contribution in [0.15, 0.2) is 24.3 Å². The van der Waals surface area contributed by atoms with Gasteiger partial charge in [0.05, 0.1) is 5.56 Å². The zero-order chi connectivity index (χ0) is 15.4. The number of halogens is 3. The monoisotopic (exact) mass is 288 g/mol. The third kappa shape index (κ3) is 3.73. The first kappa shape index (κ1) is 17.0. The normalized spacial score (nSPS) is 13.0. The van der Waals surface area contributed by atoms with Crippen LogP contribution >= 0.6 is 0 Å². The summed E-state index contributed by atoms with van der Waals surface area (Å²) in [4.78, 5) is 2.06. The molecule has 114 valence electrons. The van der Waals surface area contributed by atoms with Crippen molar-refractivity contribution in [2.24, 2.45) is 5.73 Å². The van der Waals surface area contributed by atoms with Crippen LogP contribution in [0.2, 0.25) is 0 Å². The van der Waals surface area contributed by atoms with Crippen LogP contribution in [-0.4, -0.2) is 24.0 Å². The van der Waals surface area contributed by atoms with Crippen LogP contribution in [0.1, 0.15) is 37.8 Å². The lowest BCUT2D eigenvalue weighted by Crippen LogP contribution is -2.50. The number of alkyl halides is 3. The average molecular weight is 288 g/mol. The smallest absolute Gasteiger partial charge is 0.329 e. The molecule has 1 aromatic rings. The summed E-state index contributed by atoms with van der Waals surface area (Å²) in [5.74, 6) is 0. The molecule has 0 unspecified atom stereocenters. The molecule has 0 aliphatic carbocycles. The maximum atomic E-state index is 12.7. The minimum Gasteiger partial charge on any atom is -0.329 e. The van der Waals surface area contributed by atoms with Crippen molar-refractivity contribution in [2.45, 2.75) is 44.9 Å². The number of rotatable bonds is 6. The van der Waals surface area contributed by atoms with Gasteiger partial charge >= 0.3 is 6.18 Å². The Balaban J connectivity index is 2.93. The highest BCUT2D eigenvalue weighted by Crippen LogP contribution is 2.30. The van der Waals surface area contributed by atoms with Crippen molar-refractivity contribution >= 4 is 0 Å². The molecule has 0 saturated carbocycles. The van der Waals surface area contributed by atoms with E-state index in [9.17, 15) is 13.2 Å². The molecule has 20 heavy (non-hydrogen) atoms. The van der Waals surface area contributed by atoms with E-state index >= 15 is 0 Å². The number of hydrogen-bond donors (Lipinski definition) is 1. The Labute approximate surface area is 118 Å². The molecule has 2 nitrogen and oxygen atoms in total. The van der Waals surface area contributed by atoms with Gasteiger partial charge in [-0.05, 0) is 31.5 Å². The van der Waals surface area contributed by atoms with E-state index in [2.05, 4.69) is 18.7 Å². The highest BCUT2D eigenvalue weighted by atomic mass is 19.4. The number of nitrogens with two attached hydrogens (primary N) is 1. The van der Waals surface area contributed by atoms with E-state index in [-0.39, 0.29) is 5.54 Å². The molecule has 0 radical (unpaired) electrons. The summed E-state index contributed by atoms with van der Waals surface area (Å²) in [6.07, 6.45) is -2.56. The van der Waals surface area contributed by atoms with Crippen LogP contribution in [-0.2, 0) is 12.7 Å². The quantitative estimate of drug-likeness (QED) is 0.865. The fourth-order valence-electron chi connectivity index (χ4n) is 2.52. The van der Waals surface area contributed by atoms with Crippen LogP contribution in [0.25, 0.3) is 0 Å². The summed E-state index contributed by atoms with van der Waals surface area (Å²) >= 11 is 0. The molecule has 0 atom stereocenters. The van der Waals surface area contributed by atoms with Crippen LogP contribution in [0, 0.1) is 0 Å². The van der Waals surface area contributed by atoms with Crippen LogP contribution < -0.4 is 5.73 Å². The minimum absolute atomic E-state index is 0.158. The van der Waals surface area contributed by atoms with E-state index in [1.165, 1.54) is 12.1 Å². The van der Waals surface area contributed by atoms with E-state index in [4.69, 9.17) is 5.73 Å². The molecule has 2 N–H and O–H groups in total. The SMILES string of the molecule is CCC(CC)(CN)N(C)Cc1cccc(C(F)(F)F)c1. The van der Waals surface area contributed by atoms with Gasteiger partial charge in [0.1, 0.15) is 0 Å². The third-order valence-electron chi connectivity index (χ3n) is 4.18. The van der Waals surface area contributed by atoms with E-state index in [0.717, 1.165) is 18.9 Å². The fraction of sp³-hybridized carbons (Fsp3) is 0.600. The zero-order valence-electron chi connectivity index (χ0n) is 12.3. The molecule has 0 fully saturated rings. The molecule has 1 aromatic carbocycles. The molecule has 0 aromatic heterocycles. The molecular formula is C15H23F3N2. The number of hydrogen-bond acceptors (Lipinski definition) is 2. The van der Waals surface area contributed by atoms with Crippen LogP contribution in [0.3, 0.4) is 0 Å². The summed E-state index contributed by atoms with van der Waals surface area (Å²) in [7, 11) is 1.92. The average Bonchev–Trinajstić information content (AvgIpc) is 2.41. The van der Waals surface area contributed by atoms with Crippen molar-refractivity contribution in [1.82, 2.24) is 4.90 Å². The summed E-state index contributed by atoms with van der Waals surface area (Å²) in [6, 6.07) is 5.48. The molecule has 0 amide bonds. The number of likely N-dealkylation sites (N-methyl/N-ethyl adjacent to an activating group) is 1. The second kappa shape index (κ2) is 6.59. The Morgan fingerprint density at radius 1 is 1.15 bits per heavy atom. The molecule has 0 spiro atoms. The Morgan fingerprint density at radius 2 is 1.75 bits per heavy atom. The largest absolute Gasteiger partial charge is 0.416 e. The number of nitrogens with zero attached hydrogens (tertiary/aromatic N) is 1. The molecule has 1 rings (SSSR count). The molecule has 5 heteroatoms. The molecule has 0 saturated heterocycles. The standard InChI is InChI=1S/C15H23F3N2/c1-4-14(5-2,11-19)20(3)10-12-7-6-8-13(9-12)15(16,17)18/h6-9H,4-5,10-11,19H2,1-3H3. The lowest BCUT2D eigenvalue weighted by atomic mass is 9.90. The van der Waals surface area contributed by atoms with Gasteiger partial charge in [-0.1, -0.05) is 32.0 Å². The van der Waals surface area contributed by atoms with Gasteiger partial charge in [0.15, 0.2) is 0 Å². The van der Waals surface area contributed by atoms with Gasteiger partial charge in [-0.15, -0.1) is 0 Å². The molecule has 0 aliphatic heterocycles. The van der Waals surface area contributed by atoms with Crippen LogP contribution in [0.4, 0.5) is 13.2 Å². The van der Waals surface area contributed by atoms with E-state index in [1.807, 2.05) is 7.05 Å². The molecule has 0 aliphatic rings. The van der Waals surface area contributed by atoms with E-state index in [0.29, 0.717) is 18.7 Å². The summed E-state index contributed by atoms with van der Waals surface area (Å²) in [6.45, 7) is 5.07. The van der Waals surface area contributed by atoms with E-state index in [1.54, 1.807) is 6.07 Å². The molecule has 0 bridgehead atoms. The van der Waals surface area contributed by atoms with E-state index < -0.39 is 11.7 Å². The van der Waals surface area contributed by atoms with Gasteiger partial charge in [0, 0.05) is 18.6 Å². The first-order valence-electron chi connectivity index (χ1n) is 6.86. The topological polar surface area (TPSA) is 29.3 Å². The van der Waals surface area contributed by atoms with Crippen molar-refractivity contribution in [3.8, 4) is 0 Å². The van der Waals surface area contributed by atoms with Gasteiger partial charge in [-0.3, -0.25) is 4.90 Å². The van der Waals surface area contributed by atoms with Gasteiger partial charge < -0.3 is 5.73 Å². The first-order chi connectivity index (χ1) is 9.29. The van der Waals surface area contributed by atoms with Crippen molar-refractivity contribution in [2.75, 3.05) is 13.6 Å². The van der Waals surface area contributed by atoms with Gasteiger partial charge in [-0.25, -0.2) is 0 Å². The zero-order valence-corrected chi connectivity index (χ0v) is 12.3. The van der Waals surface area contributed by atoms with Crippen molar-refractivity contribution in [3.63, 3.8) is 0 Å². The second-order valence-electron chi connectivity index (χ2n) is 5.19. The Morgan fingerprint density at radius 3 is 2.20 bits per heavy atom. The van der Waals surface area contributed by atoms with Gasteiger partial charge in [-0.2, -0.15) is 13.2 Å². The maximum absolute atomic E-state index is 12.7.